The van der Waals surface area contributed by atoms with E-state index in [0.29, 0.717) is 16.9 Å². The van der Waals surface area contributed by atoms with Gasteiger partial charge in [0.25, 0.3) is 5.56 Å². The Kier molecular flexibility index (Phi) is 3.42. The first-order valence-electron chi connectivity index (χ1n) is 7.54. The van der Waals surface area contributed by atoms with Gasteiger partial charge in [0.1, 0.15) is 12.2 Å². The predicted molar refractivity (Wildman–Crippen MR) is 93.0 cm³/mol. The third-order valence-electron chi connectivity index (χ3n) is 3.82. The normalized spacial score (nSPS) is 11.0. The summed E-state index contributed by atoms with van der Waals surface area (Å²) in [7, 11) is 0. The first-order valence-corrected chi connectivity index (χ1v) is 7.54. The molecule has 0 spiro atoms. The van der Waals surface area contributed by atoms with Crippen LogP contribution >= 0.6 is 0 Å². The molecule has 1 aromatic carbocycles. The Morgan fingerprint density at radius 2 is 2.00 bits per heavy atom. The van der Waals surface area contributed by atoms with Gasteiger partial charge in [0.2, 0.25) is 0 Å². The molecule has 4 aromatic rings. The Balaban J connectivity index is 1.85. The van der Waals surface area contributed by atoms with Crippen molar-refractivity contribution in [2.24, 2.45) is 0 Å². The molecule has 8 heteroatoms. The van der Waals surface area contributed by atoms with Crippen LogP contribution in [0.4, 0.5) is 11.5 Å². The van der Waals surface area contributed by atoms with Gasteiger partial charge in [0.05, 0.1) is 5.69 Å². The number of carboxylic acid groups (broad SMARTS) is 1. The fourth-order valence-electron chi connectivity index (χ4n) is 2.80. The largest absolute Gasteiger partial charge is 0.480 e. The topological polar surface area (TPSA) is 113 Å². The van der Waals surface area contributed by atoms with Crippen molar-refractivity contribution in [3.63, 3.8) is 0 Å². The molecule has 0 aliphatic carbocycles. The van der Waals surface area contributed by atoms with Crippen LogP contribution in [0.2, 0.25) is 0 Å². The van der Waals surface area contributed by atoms with Gasteiger partial charge in [0, 0.05) is 34.6 Å². The molecule has 0 atom stereocenters. The number of carboxylic acids is 1. The SMILES string of the molecule is O=C(O)Cn1ccc(Nc2ccnc3[nH]c(=O)c4ccccc4c23)n1. The standard InChI is InChI=1S/C17H13N5O3/c23-14(24)9-22-8-6-13(21-22)19-12-5-7-18-16-15(12)10-3-1-2-4-11(10)17(25)20-16/h1-8H,9H2,(H,23,24)(H2,18,19,20,21,25). The summed E-state index contributed by atoms with van der Waals surface area (Å²) in [6, 6.07) is 10.8. The number of aromatic nitrogens is 4. The van der Waals surface area contributed by atoms with Gasteiger partial charge in [-0.05, 0) is 12.1 Å². The lowest BCUT2D eigenvalue weighted by Gasteiger charge is -2.09. The fraction of sp³-hybridized carbons (Fsp3) is 0.0588. The Morgan fingerprint density at radius 3 is 2.80 bits per heavy atom. The quantitative estimate of drug-likeness (QED) is 0.492. The number of nitrogens with one attached hydrogen (secondary N) is 2. The summed E-state index contributed by atoms with van der Waals surface area (Å²) < 4.78 is 1.33. The molecule has 0 saturated heterocycles. The summed E-state index contributed by atoms with van der Waals surface area (Å²) in [6.45, 7) is -0.213. The number of pyridine rings is 2. The maximum Gasteiger partial charge on any atom is 0.325 e. The molecule has 0 bridgehead atoms. The Morgan fingerprint density at radius 1 is 1.20 bits per heavy atom. The van der Waals surface area contributed by atoms with Crippen molar-refractivity contribution >= 4 is 39.3 Å². The summed E-state index contributed by atoms with van der Waals surface area (Å²) in [6.07, 6.45) is 3.17. The van der Waals surface area contributed by atoms with Gasteiger partial charge in [-0.3, -0.25) is 14.3 Å². The van der Waals surface area contributed by atoms with E-state index in [2.05, 4.69) is 20.4 Å². The number of nitrogens with zero attached hydrogens (tertiary/aromatic N) is 3. The first kappa shape index (κ1) is 14.9. The van der Waals surface area contributed by atoms with E-state index in [9.17, 15) is 9.59 Å². The number of hydrogen-bond donors (Lipinski definition) is 3. The molecule has 0 aliphatic heterocycles. The van der Waals surface area contributed by atoms with Gasteiger partial charge >= 0.3 is 5.97 Å². The molecule has 3 N–H and O–H groups in total. The summed E-state index contributed by atoms with van der Waals surface area (Å²) in [5.41, 5.74) is 0.996. The molecule has 0 unspecified atom stereocenters. The molecule has 124 valence electrons. The van der Waals surface area contributed by atoms with E-state index in [-0.39, 0.29) is 12.1 Å². The minimum absolute atomic E-state index is 0.196. The minimum Gasteiger partial charge on any atom is -0.480 e. The van der Waals surface area contributed by atoms with Crippen LogP contribution in [0, 0.1) is 0 Å². The monoisotopic (exact) mass is 335 g/mol. The zero-order chi connectivity index (χ0) is 17.4. The third kappa shape index (κ3) is 2.69. The zero-order valence-corrected chi connectivity index (χ0v) is 12.9. The lowest BCUT2D eigenvalue weighted by atomic mass is 10.1. The number of rotatable bonds is 4. The van der Waals surface area contributed by atoms with E-state index in [4.69, 9.17) is 5.11 Å². The maximum atomic E-state index is 12.2. The van der Waals surface area contributed by atoms with Crippen LogP contribution in [-0.4, -0.2) is 30.8 Å². The van der Waals surface area contributed by atoms with Gasteiger partial charge in [-0.15, -0.1) is 0 Å². The lowest BCUT2D eigenvalue weighted by Crippen LogP contribution is -2.09. The number of hydrogen-bond acceptors (Lipinski definition) is 5. The van der Waals surface area contributed by atoms with Crippen molar-refractivity contribution < 1.29 is 9.90 Å². The highest BCUT2D eigenvalue weighted by Gasteiger charge is 2.11. The Hall–Kier alpha value is -3.68. The van der Waals surface area contributed by atoms with Crippen LogP contribution in [-0.2, 0) is 11.3 Å². The highest BCUT2D eigenvalue weighted by Crippen LogP contribution is 2.28. The van der Waals surface area contributed by atoms with Gasteiger partial charge in [-0.1, -0.05) is 18.2 Å². The number of aliphatic carboxylic acids is 1. The average Bonchev–Trinajstić information content (AvgIpc) is 3.01. The van der Waals surface area contributed by atoms with E-state index in [0.717, 1.165) is 16.5 Å². The summed E-state index contributed by atoms with van der Waals surface area (Å²) in [5, 5.41) is 18.3. The first-order chi connectivity index (χ1) is 12.1. The van der Waals surface area contributed by atoms with E-state index < -0.39 is 5.97 Å². The molecule has 3 aromatic heterocycles. The molecule has 25 heavy (non-hydrogen) atoms. The summed E-state index contributed by atoms with van der Waals surface area (Å²) in [5.74, 6) is -0.461. The fourth-order valence-corrected chi connectivity index (χ4v) is 2.80. The molecule has 0 saturated carbocycles. The number of carbonyl (C=O) groups is 1. The lowest BCUT2D eigenvalue weighted by molar-refractivity contribution is -0.137. The van der Waals surface area contributed by atoms with E-state index in [1.54, 1.807) is 36.7 Å². The van der Waals surface area contributed by atoms with Crippen LogP contribution < -0.4 is 10.9 Å². The Bertz CT molecular complexity index is 1160. The summed E-state index contributed by atoms with van der Waals surface area (Å²) >= 11 is 0. The minimum atomic E-state index is -0.965. The molecule has 0 amide bonds. The van der Waals surface area contributed by atoms with E-state index >= 15 is 0 Å². The molecular weight excluding hydrogens is 322 g/mol. The van der Waals surface area contributed by atoms with Crippen molar-refractivity contribution in [3.8, 4) is 0 Å². The van der Waals surface area contributed by atoms with E-state index in [1.807, 2.05) is 12.1 Å². The van der Waals surface area contributed by atoms with Crippen molar-refractivity contribution in [1.82, 2.24) is 19.7 Å². The van der Waals surface area contributed by atoms with Gasteiger partial charge in [0.15, 0.2) is 5.82 Å². The third-order valence-corrected chi connectivity index (χ3v) is 3.82. The van der Waals surface area contributed by atoms with Gasteiger partial charge < -0.3 is 15.4 Å². The van der Waals surface area contributed by atoms with Gasteiger partial charge in [-0.2, -0.15) is 5.10 Å². The highest BCUT2D eigenvalue weighted by molar-refractivity contribution is 6.10. The molecule has 0 radical (unpaired) electrons. The van der Waals surface area contributed by atoms with Crippen molar-refractivity contribution in [1.29, 1.82) is 0 Å². The van der Waals surface area contributed by atoms with Gasteiger partial charge in [-0.25, -0.2) is 4.98 Å². The molecule has 8 nitrogen and oxygen atoms in total. The predicted octanol–water partition coefficient (Wildman–Crippen LogP) is 2.10. The number of aromatic amines is 1. The second kappa shape index (κ2) is 5.75. The van der Waals surface area contributed by atoms with Crippen LogP contribution in [0.3, 0.4) is 0 Å². The molecule has 4 rings (SSSR count). The van der Waals surface area contributed by atoms with Crippen molar-refractivity contribution in [2.45, 2.75) is 6.54 Å². The Labute approximate surface area is 140 Å². The smallest absolute Gasteiger partial charge is 0.325 e. The average molecular weight is 335 g/mol. The second-order valence-electron chi connectivity index (χ2n) is 5.50. The zero-order valence-electron chi connectivity index (χ0n) is 12.9. The van der Waals surface area contributed by atoms with Crippen LogP contribution in [0.1, 0.15) is 0 Å². The second-order valence-corrected chi connectivity index (χ2v) is 5.50. The number of benzene rings is 1. The maximum absolute atomic E-state index is 12.2. The number of H-pyrrole nitrogens is 1. The van der Waals surface area contributed by atoms with Crippen molar-refractivity contribution in [3.05, 3.63) is 59.1 Å². The highest BCUT2D eigenvalue weighted by atomic mass is 16.4. The molecule has 3 heterocycles. The molecular formula is C17H13N5O3. The van der Waals surface area contributed by atoms with Crippen molar-refractivity contribution in [2.75, 3.05) is 5.32 Å². The van der Waals surface area contributed by atoms with Crippen LogP contribution in [0.5, 0.6) is 0 Å². The molecule has 0 fully saturated rings. The van der Waals surface area contributed by atoms with E-state index in [1.165, 1.54) is 4.68 Å². The molecule has 0 aliphatic rings. The van der Waals surface area contributed by atoms with Crippen LogP contribution in [0.25, 0.3) is 21.8 Å². The summed E-state index contributed by atoms with van der Waals surface area (Å²) in [4.78, 5) is 30.0. The van der Waals surface area contributed by atoms with Crippen LogP contribution in [0.15, 0.2) is 53.6 Å². The number of anilines is 2. The number of fused-ring (bicyclic) bond motifs is 3.